The molecular formula is C63H129N21O10. The Kier molecular flexibility index (Phi) is 59.5. The van der Waals surface area contributed by atoms with Gasteiger partial charge in [0.05, 0.1) is 62.3 Å². The van der Waals surface area contributed by atoms with E-state index in [2.05, 4.69) is 86.7 Å². The Balaban J connectivity index is 5.46. The van der Waals surface area contributed by atoms with Crippen LogP contribution in [-0.2, 0) is 47.9 Å². The van der Waals surface area contributed by atoms with Crippen LogP contribution in [0.4, 0.5) is 0 Å². The van der Waals surface area contributed by atoms with Crippen molar-refractivity contribution in [3.8, 4) is 0 Å². The van der Waals surface area contributed by atoms with Gasteiger partial charge in [-0.25, -0.2) is 0 Å². The fraction of sp³-hybridized carbons (Fsp3) is 0.841. The molecule has 546 valence electrons. The maximum atomic E-state index is 13.6. The molecule has 0 aliphatic rings. The van der Waals surface area contributed by atoms with Gasteiger partial charge in [0, 0.05) is 65.4 Å². The van der Waals surface area contributed by atoms with Crippen LogP contribution in [0.5, 0.6) is 0 Å². The van der Waals surface area contributed by atoms with Gasteiger partial charge >= 0.3 is 0 Å². The fourth-order valence-electron chi connectivity index (χ4n) is 9.43. The molecule has 94 heavy (non-hydrogen) atoms. The molecule has 0 radical (unpaired) electrons. The van der Waals surface area contributed by atoms with Crippen LogP contribution < -0.4 is 114 Å². The van der Waals surface area contributed by atoms with Crippen molar-refractivity contribution in [1.82, 2.24) is 79.8 Å². The van der Waals surface area contributed by atoms with Crippen LogP contribution in [0.3, 0.4) is 0 Å². The average molecular weight is 1340 g/mol. The van der Waals surface area contributed by atoms with Gasteiger partial charge in [0.1, 0.15) is 0 Å². The molecule has 31 heteroatoms. The monoisotopic (exact) mass is 1340 g/mol. The van der Waals surface area contributed by atoms with Crippen molar-refractivity contribution in [2.45, 2.75) is 204 Å². The quantitative estimate of drug-likeness (QED) is 0.0257. The van der Waals surface area contributed by atoms with Crippen molar-refractivity contribution >= 4 is 59.1 Å². The molecule has 0 aromatic rings. The standard InChI is InChI=1S/C63H129N21O10/c1-2-3-9-37-80-59(90)49(70-29-10-4-23-64)44-54(85)75-33-16-15-32-73-51(61(92)83-40-20-19-36-78-55(86)45-50(71-30-11-5-24-65)60(91)81-38-13-7-26-67)46-56(87)76-34-17-18-35-77-57(88)47-52(72-31-12-6-25-66)63(94)84-43-22-42-79-58(89)48-53(74-41-21-28-69)62(93)82-39-14-8-27-68/h49-53,70-74H,2-48,64-69H2,1H3,(H,75,85)(H,76,87)(H,77,88)(H,78,86)(H,79,89)(H,80,90)(H,81,91)(H,82,93)(H,83,92)(H,84,94). The third kappa shape index (κ3) is 51.6. The van der Waals surface area contributed by atoms with Crippen LogP contribution in [0.2, 0.25) is 0 Å². The number of carbonyl (C=O) groups is 10. The highest BCUT2D eigenvalue weighted by Gasteiger charge is 2.26. The van der Waals surface area contributed by atoms with Crippen molar-refractivity contribution < 1.29 is 47.9 Å². The van der Waals surface area contributed by atoms with Crippen molar-refractivity contribution in [3.63, 3.8) is 0 Å². The molecule has 0 saturated heterocycles. The summed E-state index contributed by atoms with van der Waals surface area (Å²) in [5.74, 6) is -3.10. The molecule has 31 nitrogen and oxygen atoms in total. The molecule has 0 rings (SSSR count). The van der Waals surface area contributed by atoms with E-state index in [1.165, 1.54) is 0 Å². The van der Waals surface area contributed by atoms with Crippen molar-refractivity contribution in [2.24, 2.45) is 34.4 Å². The SMILES string of the molecule is CCCCCNC(=O)C(CC(=O)NCCCCNC(CC(=O)NCCCCNC(=O)CC(NCCCCN)C(=O)NCCCNC(=O)CC(NCCCN)C(=O)NCCCCN)C(=O)NCCCCNC(=O)CC(NCCCCN)C(=O)NCCCCN)NCCCCN. The second-order valence-corrected chi connectivity index (χ2v) is 23.6. The number of unbranched alkanes of at least 4 members (excludes halogenated alkanes) is 10. The van der Waals surface area contributed by atoms with Gasteiger partial charge in [-0.3, -0.25) is 47.9 Å². The molecule has 5 unspecified atom stereocenters. The Labute approximate surface area is 560 Å². The molecule has 10 amide bonds. The van der Waals surface area contributed by atoms with E-state index in [1.807, 2.05) is 0 Å². The van der Waals surface area contributed by atoms with Gasteiger partial charge in [-0.1, -0.05) is 19.8 Å². The van der Waals surface area contributed by atoms with Gasteiger partial charge in [0.2, 0.25) is 59.1 Å². The first kappa shape index (κ1) is 88.3. The highest BCUT2D eigenvalue weighted by molar-refractivity contribution is 5.91. The Hall–Kier alpha value is -5.74. The second kappa shape index (κ2) is 63.3. The van der Waals surface area contributed by atoms with E-state index in [-0.39, 0.29) is 124 Å². The number of carbonyl (C=O) groups excluding carboxylic acids is 10. The first-order chi connectivity index (χ1) is 45.6. The fourth-order valence-corrected chi connectivity index (χ4v) is 9.43. The minimum absolute atomic E-state index is 0.0244. The molecule has 0 fully saturated rings. The van der Waals surface area contributed by atoms with E-state index in [4.69, 9.17) is 34.4 Å². The van der Waals surface area contributed by atoms with Crippen LogP contribution in [0.25, 0.3) is 0 Å². The summed E-state index contributed by atoms with van der Waals surface area (Å²) >= 11 is 0. The van der Waals surface area contributed by atoms with Gasteiger partial charge in [0.15, 0.2) is 0 Å². The van der Waals surface area contributed by atoms with Gasteiger partial charge in [0.25, 0.3) is 0 Å². The van der Waals surface area contributed by atoms with Crippen molar-refractivity contribution in [2.75, 3.05) is 137 Å². The molecule has 5 atom stereocenters. The van der Waals surface area contributed by atoms with E-state index in [0.717, 1.165) is 77.0 Å². The third-order valence-corrected chi connectivity index (χ3v) is 15.1. The summed E-state index contributed by atoms with van der Waals surface area (Å²) in [5, 5.41) is 44.6. The number of rotatable bonds is 66. The summed E-state index contributed by atoms with van der Waals surface area (Å²) in [5.41, 5.74) is 33.7. The molecule has 0 saturated carbocycles. The number of amides is 10. The van der Waals surface area contributed by atoms with Crippen molar-refractivity contribution in [1.29, 1.82) is 0 Å². The Bertz CT molecular complexity index is 2020. The molecular weight excluding hydrogens is 1210 g/mol. The summed E-state index contributed by atoms with van der Waals surface area (Å²) < 4.78 is 0. The predicted octanol–water partition coefficient (Wildman–Crippen LogP) is -4.15. The normalized spacial score (nSPS) is 12.7. The first-order valence-electron chi connectivity index (χ1n) is 35.2. The van der Waals surface area contributed by atoms with Crippen LogP contribution in [0.15, 0.2) is 0 Å². The van der Waals surface area contributed by atoms with E-state index >= 15 is 0 Å². The zero-order valence-electron chi connectivity index (χ0n) is 57.2. The lowest BCUT2D eigenvalue weighted by Crippen LogP contribution is -2.48. The lowest BCUT2D eigenvalue weighted by molar-refractivity contribution is -0.128. The zero-order chi connectivity index (χ0) is 69.5. The third-order valence-electron chi connectivity index (χ3n) is 15.1. The molecule has 0 aliphatic carbocycles. The molecule has 0 aliphatic heterocycles. The summed E-state index contributed by atoms with van der Waals surface area (Å²) in [4.78, 5) is 131. The predicted molar refractivity (Wildman–Crippen MR) is 369 cm³/mol. The number of hydrogen-bond donors (Lipinski definition) is 21. The highest BCUT2D eigenvalue weighted by Crippen LogP contribution is 2.03. The summed E-state index contributed by atoms with van der Waals surface area (Å²) in [6.07, 6.45) is 14.3. The Morgan fingerprint density at radius 1 is 0.213 bits per heavy atom. The van der Waals surface area contributed by atoms with Crippen molar-refractivity contribution in [3.05, 3.63) is 0 Å². The summed E-state index contributed by atoms with van der Waals surface area (Å²) in [7, 11) is 0. The molecule has 0 aromatic carbocycles. The minimum Gasteiger partial charge on any atom is -0.356 e. The van der Waals surface area contributed by atoms with Crippen LogP contribution in [0.1, 0.15) is 174 Å². The largest absolute Gasteiger partial charge is 0.356 e. The number of nitrogens with two attached hydrogens (primary N) is 6. The van der Waals surface area contributed by atoms with Gasteiger partial charge < -0.3 is 114 Å². The average Bonchev–Trinajstić information content (AvgIpc) is 2.88. The van der Waals surface area contributed by atoms with Gasteiger partial charge in [-0.15, -0.1) is 0 Å². The lowest BCUT2D eigenvalue weighted by atomic mass is 10.1. The van der Waals surface area contributed by atoms with Crippen LogP contribution in [0, 0.1) is 0 Å². The van der Waals surface area contributed by atoms with Gasteiger partial charge in [-0.2, -0.15) is 0 Å². The Morgan fingerprint density at radius 2 is 0.383 bits per heavy atom. The van der Waals surface area contributed by atoms with Gasteiger partial charge in [-0.05, 0) is 194 Å². The van der Waals surface area contributed by atoms with Crippen LogP contribution in [-0.4, -0.2) is 227 Å². The summed E-state index contributed by atoms with van der Waals surface area (Å²) in [6.45, 7) is 10.9. The smallest absolute Gasteiger partial charge is 0.237 e. The first-order valence-corrected chi connectivity index (χ1v) is 35.2. The maximum Gasteiger partial charge on any atom is 0.237 e. The molecule has 0 heterocycles. The topological polar surface area (TPSA) is 507 Å². The van der Waals surface area contributed by atoms with E-state index in [0.29, 0.717) is 163 Å². The lowest BCUT2D eigenvalue weighted by Gasteiger charge is -2.19. The maximum absolute atomic E-state index is 13.6. The Morgan fingerprint density at radius 3 is 0.617 bits per heavy atom. The van der Waals surface area contributed by atoms with Crippen LogP contribution >= 0.6 is 0 Å². The number of nitrogens with one attached hydrogen (secondary N) is 15. The molecule has 0 spiro atoms. The van der Waals surface area contributed by atoms with E-state index in [9.17, 15) is 47.9 Å². The number of hydrogen-bond acceptors (Lipinski definition) is 21. The highest BCUT2D eigenvalue weighted by atomic mass is 16.2. The molecule has 27 N–H and O–H groups in total. The van der Waals surface area contributed by atoms with E-state index < -0.39 is 30.2 Å². The molecule has 0 aromatic heterocycles. The summed E-state index contributed by atoms with van der Waals surface area (Å²) in [6, 6.07) is -3.83. The minimum atomic E-state index is -0.892. The van der Waals surface area contributed by atoms with E-state index in [1.54, 1.807) is 0 Å². The second-order valence-electron chi connectivity index (χ2n) is 23.6. The molecule has 0 bridgehead atoms. The zero-order valence-corrected chi connectivity index (χ0v) is 57.2.